The van der Waals surface area contributed by atoms with E-state index < -0.39 is 0 Å². The van der Waals surface area contributed by atoms with E-state index in [2.05, 4.69) is 138 Å². The van der Waals surface area contributed by atoms with Gasteiger partial charge in [0.1, 0.15) is 0 Å². The average molecular weight is 650 g/mol. The average Bonchev–Trinajstić information content (AvgIpc) is 3.58. The normalized spacial score (nSPS) is 32.4. The SMILES string of the molecule is CC(C)(C)c1ccc(N(c2ccc3c(c2)C(C)(C)CCC3(C)C)c2ccc3c(c2)C2(c4ccccc4S3)C3CC4CC5CC2C53C4)cc1. The van der Waals surface area contributed by atoms with Crippen molar-refractivity contribution in [3.63, 3.8) is 0 Å². The van der Waals surface area contributed by atoms with Crippen LogP contribution in [-0.2, 0) is 21.7 Å². The van der Waals surface area contributed by atoms with Gasteiger partial charge < -0.3 is 4.90 Å². The van der Waals surface area contributed by atoms with E-state index in [1.807, 2.05) is 11.8 Å². The van der Waals surface area contributed by atoms with Crippen LogP contribution >= 0.6 is 11.8 Å². The van der Waals surface area contributed by atoms with Crippen molar-refractivity contribution < 1.29 is 0 Å². The number of hydrogen-bond acceptors (Lipinski definition) is 2. The van der Waals surface area contributed by atoms with Crippen molar-refractivity contribution in [3.8, 4) is 0 Å². The van der Waals surface area contributed by atoms with Crippen molar-refractivity contribution in [2.75, 3.05) is 4.90 Å². The lowest BCUT2D eigenvalue weighted by Gasteiger charge is -2.78. The zero-order valence-electron chi connectivity index (χ0n) is 30.0. The minimum Gasteiger partial charge on any atom is -0.310 e. The van der Waals surface area contributed by atoms with E-state index in [1.165, 1.54) is 82.1 Å². The third kappa shape index (κ3) is 3.66. The second kappa shape index (κ2) is 9.42. The van der Waals surface area contributed by atoms with Crippen LogP contribution in [0.1, 0.15) is 115 Å². The summed E-state index contributed by atoms with van der Waals surface area (Å²) in [6.45, 7) is 16.7. The minimum atomic E-state index is 0.120. The smallest absolute Gasteiger partial charge is 0.0465 e. The Morgan fingerprint density at radius 1 is 0.625 bits per heavy atom. The maximum atomic E-state index is 2.66. The molecule has 4 fully saturated rings. The van der Waals surface area contributed by atoms with Gasteiger partial charge in [-0.2, -0.15) is 0 Å². The third-order valence-electron chi connectivity index (χ3n) is 14.8. The quantitative estimate of drug-likeness (QED) is 0.217. The van der Waals surface area contributed by atoms with E-state index in [0.717, 1.165) is 23.7 Å². The second-order valence-electron chi connectivity index (χ2n) is 19.0. The second-order valence-corrected chi connectivity index (χ2v) is 20.1. The topological polar surface area (TPSA) is 3.24 Å². The zero-order chi connectivity index (χ0) is 33.0. The summed E-state index contributed by atoms with van der Waals surface area (Å²) in [5, 5.41) is 0. The fourth-order valence-corrected chi connectivity index (χ4v) is 13.7. The van der Waals surface area contributed by atoms with Crippen molar-refractivity contribution in [2.45, 2.75) is 118 Å². The Hall–Kier alpha value is -2.97. The minimum absolute atomic E-state index is 0.120. The van der Waals surface area contributed by atoms with Crippen LogP contribution in [0.5, 0.6) is 0 Å². The summed E-state index contributed by atoms with van der Waals surface area (Å²) < 4.78 is 0. The Labute approximate surface area is 292 Å². The lowest BCUT2D eigenvalue weighted by atomic mass is 9.26. The first kappa shape index (κ1) is 29.9. The van der Waals surface area contributed by atoms with Gasteiger partial charge in [0.2, 0.25) is 0 Å². The maximum absolute atomic E-state index is 2.66. The fourth-order valence-electron chi connectivity index (χ4n) is 12.5. The highest BCUT2D eigenvalue weighted by Crippen LogP contribution is 2.89. The predicted octanol–water partition coefficient (Wildman–Crippen LogP) is 12.6. The summed E-state index contributed by atoms with van der Waals surface area (Å²) in [5.41, 5.74) is 12.8. The number of nitrogens with zero attached hydrogens (tertiary/aromatic N) is 1. The summed E-state index contributed by atoms with van der Waals surface area (Å²) in [5.74, 6) is 3.55. The summed E-state index contributed by atoms with van der Waals surface area (Å²) in [6, 6.07) is 34.0. The number of hydrogen-bond donors (Lipinski definition) is 0. The first-order valence-electron chi connectivity index (χ1n) is 18.8. The Morgan fingerprint density at radius 2 is 1.25 bits per heavy atom. The highest BCUT2D eigenvalue weighted by molar-refractivity contribution is 7.99. The molecule has 1 nitrogen and oxygen atoms in total. The molecule has 5 aliphatic carbocycles. The van der Waals surface area contributed by atoms with Gasteiger partial charge in [0.05, 0.1) is 0 Å². The van der Waals surface area contributed by atoms with E-state index in [0.29, 0.717) is 5.41 Å². The molecule has 2 bridgehead atoms. The van der Waals surface area contributed by atoms with Gasteiger partial charge in [-0.05, 0) is 160 Å². The number of rotatable bonds is 3. The number of benzene rings is 4. The van der Waals surface area contributed by atoms with Crippen molar-refractivity contribution in [2.24, 2.45) is 29.1 Å². The van der Waals surface area contributed by atoms with Gasteiger partial charge in [0.25, 0.3) is 0 Å². The van der Waals surface area contributed by atoms with Gasteiger partial charge in [0, 0.05) is 32.3 Å². The van der Waals surface area contributed by atoms with Crippen LogP contribution in [0.25, 0.3) is 0 Å². The molecule has 6 aliphatic rings. The van der Waals surface area contributed by atoms with Crippen LogP contribution in [-0.4, -0.2) is 0 Å². The molecule has 4 aromatic carbocycles. The van der Waals surface area contributed by atoms with Crippen molar-refractivity contribution in [1.29, 1.82) is 0 Å². The molecule has 4 aromatic rings. The predicted molar refractivity (Wildman–Crippen MR) is 201 cm³/mol. The Kier molecular flexibility index (Phi) is 5.87. The molecule has 4 saturated carbocycles. The summed E-state index contributed by atoms with van der Waals surface area (Å²) in [7, 11) is 0. The number of fused-ring (bicyclic) bond motifs is 8. The first-order valence-corrected chi connectivity index (χ1v) is 19.6. The monoisotopic (exact) mass is 649 g/mol. The van der Waals surface area contributed by atoms with Crippen LogP contribution in [0, 0.1) is 29.1 Å². The Bertz CT molecular complexity index is 1990. The van der Waals surface area contributed by atoms with E-state index >= 15 is 0 Å². The fraction of sp³-hybridized carbons (Fsp3) is 0.478. The van der Waals surface area contributed by atoms with Gasteiger partial charge in [-0.1, -0.05) is 96.6 Å². The van der Waals surface area contributed by atoms with E-state index in [1.54, 1.807) is 11.1 Å². The van der Waals surface area contributed by atoms with Crippen molar-refractivity contribution in [3.05, 3.63) is 113 Å². The van der Waals surface area contributed by atoms with Gasteiger partial charge in [-0.25, -0.2) is 0 Å². The molecule has 2 spiro atoms. The largest absolute Gasteiger partial charge is 0.310 e. The van der Waals surface area contributed by atoms with E-state index in [4.69, 9.17) is 0 Å². The summed E-state index contributed by atoms with van der Waals surface area (Å²) in [6.07, 6.45) is 8.35. The highest BCUT2D eigenvalue weighted by atomic mass is 32.2. The molecule has 246 valence electrons. The van der Waals surface area contributed by atoms with Gasteiger partial charge in [-0.15, -0.1) is 0 Å². The molecule has 0 amide bonds. The molecule has 0 aromatic heterocycles. The van der Waals surface area contributed by atoms with Crippen LogP contribution in [0.2, 0.25) is 0 Å². The molecule has 1 aliphatic heterocycles. The first-order chi connectivity index (χ1) is 22.8. The van der Waals surface area contributed by atoms with E-state index in [-0.39, 0.29) is 21.7 Å². The third-order valence-corrected chi connectivity index (χ3v) is 16.0. The number of anilines is 3. The van der Waals surface area contributed by atoms with Gasteiger partial charge >= 0.3 is 0 Å². The lowest BCUT2D eigenvalue weighted by molar-refractivity contribution is -0.235. The molecule has 6 unspecified atom stereocenters. The van der Waals surface area contributed by atoms with Gasteiger partial charge in [-0.3, -0.25) is 0 Å². The Morgan fingerprint density at radius 3 is 1.98 bits per heavy atom. The molecular formula is C46H51NS. The van der Waals surface area contributed by atoms with Crippen LogP contribution < -0.4 is 4.90 Å². The molecular weight excluding hydrogens is 599 g/mol. The van der Waals surface area contributed by atoms with E-state index in [9.17, 15) is 0 Å². The van der Waals surface area contributed by atoms with Crippen LogP contribution in [0.3, 0.4) is 0 Å². The highest BCUT2D eigenvalue weighted by Gasteiger charge is 2.84. The zero-order valence-corrected chi connectivity index (χ0v) is 30.8. The molecule has 6 atom stereocenters. The van der Waals surface area contributed by atoms with Crippen LogP contribution in [0.4, 0.5) is 17.1 Å². The van der Waals surface area contributed by atoms with Crippen molar-refractivity contribution in [1.82, 2.24) is 0 Å². The maximum Gasteiger partial charge on any atom is 0.0465 e. The van der Waals surface area contributed by atoms with Crippen LogP contribution in [0.15, 0.2) is 94.7 Å². The summed E-state index contributed by atoms with van der Waals surface area (Å²) >= 11 is 2.02. The summed E-state index contributed by atoms with van der Waals surface area (Å²) in [4.78, 5) is 5.59. The molecule has 0 radical (unpaired) electrons. The molecule has 48 heavy (non-hydrogen) atoms. The Balaban J connectivity index is 1.17. The molecule has 0 N–H and O–H groups in total. The van der Waals surface area contributed by atoms with Crippen molar-refractivity contribution >= 4 is 28.8 Å². The molecule has 0 saturated heterocycles. The van der Waals surface area contributed by atoms with Gasteiger partial charge in [0.15, 0.2) is 0 Å². The standard InChI is InChI=1S/C46H51NS/c1-42(2,3)29-12-14-31(15-13-29)47(32-16-18-34-36(25-32)44(6,7)21-20-43(34,4)5)33-17-19-39-37(26-33)46(35-10-8-9-11-38(35)48-39)40-23-28-22-30-24-41(46)45(30,40)27-28/h8-19,25-26,28,30,40-41H,20-24,27H2,1-7H3. The molecule has 1 heterocycles. The molecule has 10 rings (SSSR count). The molecule has 2 heteroatoms. The lowest BCUT2D eigenvalue weighted by Crippen LogP contribution is -2.74.